The third kappa shape index (κ3) is 15.9. The first-order valence-corrected chi connectivity index (χ1v) is 28.6. The van der Waals surface area contributed by atoms with E-state index in [1.54, 1.807) is 72.8 Å². The number of nitrogens with zero attached hydrogens (tertiary/aromatic N) is 4. The Hall–Kier alpha value is -7.66. The third-order valence-electron chi connectivity index (χ3n) is 15.3. The molecule has 0 unspecified atom stereocenters. The standard InChI is InChI=1S/C31H41N5O6.C30H39N5O6/c1-17(2)27-29(38)32-18(3)30(39)36-15-7-8-25(35-36)31(40)42-20(5)24-14-12-22-11-9-21(16-26(22)33-24)10-13-23(19(4)41-6)28(37)34-27;1-16(2)26-28(38)31-17(3)29(39)35-14-6-7-24(34-35)30(40)41-19(5)23-13-11-21-10-8-20(15-25(21)32-23)9-12-22(18(4)36)27(37)33-26/h9-14,16-20,23,25,27,35H,7-8,15H2,1-6H3,(H,32,38)(H,34,37);8-13,15-19,22,24,26,34,36H,6-7,14H2,1-5H3,(H,31,38)(H,33,37)/b13-10+;12-9+/t18-,19-,20+,23+,25-,27-;17-,18-,19+,22+,24-,26-/m00/s1. The van der Waals surface area contributed by atoms with Gasteiger partial charge >= 0.3 is 11.9 Å². The van der Waals surface area contributed by atoms with Crippen LogP contribution in [0.15, 0.2) is 72.8 Å². The maximum atomic E-state index is 13.5. The van der Waals surface area contributed by atoms with Crippen molar-refractivity contribution in [3.05, 3.63) is 95.3 Å². The highest BCUT2D eigenvalue weighted by atomic mass is 16.5. The molecule has 4 aliphatic heterocycles. The zero-order chi connectivity index (χ0) is 60.4. The van der Waals surface area contributed by atoms with Gasteiger partial charge in [-0.25, -0.2) is 20.8 Å². The van der Waals surface area contributed by atoms with E-state index >= 15 is 0 Å². The summed E-state index contributed by atoms with van der Waals surface area (Å²) in [5, 5.41) is 26.0. The van der Waals surface area contributed by atoms with Crippen LogP contribution in [0.5, 0.6) is 0 Å². The molecule has 446 valence electrons. The van der Waals surface area contributed by atoms with Crippen LogP contribution >= 0.6 is 0 Å². The predicted octanol–water partition coefficient (Wildman–Crippen LogP) is 4.66. The Morgan fingerprint density at radius 3 is 1.35 bits per heavy atom. The van der Waals surface area contributed by atoms with Gasteiger partial charge in [0.25, 0.3) is 11.8 Å². The number of pyridine rings is 2. The van der Waals surface area contributed by atoms with E-state index in [-0.39, 0.29) is 17.7 Å². The number of aromatic nitrogens is 2. The summed E-state index contributed by atoms with van der Waals surface area (Å²) in [6, 6.07) is 13.7. The number of nitrogens with one attached hydrogen (secondary N) is 6. The number of rotatable bonds is 5. The largest absolute Gasteiger partial charge is 0.455 e. The molecule has 22 heteroatoms. The summed E-state index contributed by atoms with van der Waals surface area (Å²) in [4.78, 5) is 115. The lowest BCUT2D eigenvalue weighted by atomic mass is 9.97. The zero-order valence-electron chi connectivity index (χ0n) is 49.1. The van der Waals surface area contributed by atoms with Crippen molar-refractivity contribution >= 4 is 81.3 Å². The quantitative estimate of drug-likeness (QED) is 0.134. The summed E-state index contributed by atoms with van der Waals surface area (Å²) >= 11 is 0. The maximum Gasteiger partial charge on any atom is 0.325 e. The summed E-state index contributed by atoms with van der Waals surface area (Å²) in [5.74, 6) is -5.85. The van der Waals surface area contributed by atoms with Gasteiger partial charge in [0.15, 0.2) is 0 Å². The van der Waals surface area contributed by atoms with E-state index in [1.807, 2.05) is 74.5 Å². The molecular weight excluding hydrogens is 1060 g/mol. The van der Waals surface area contributed by atoms with Crippen molar-refractivity contribution in [1.29, 1.82) is 0 Å². The minimum absolute atomic E-state index is 0.254. The Balaban J connectivity index is 0.000000239. The first-order valence-electron chi connectivity index (χ1n) is 28.6. The molecule has 0 radical (unpaired) electrons. The molecule has 0 aliphatic carbocycles. The van der Waals surface area contributed by atoms with Gasteiger partial charge in [-0.2, -0.15) is 0 Å². The van der Waals surface area contributed by atoms with E-state index in [1.165, 1.54) is 24.1 Å². The van der Waals surface area contributed by atoms with E-state index in [0.717, 1.165) is 21.9 Å². The number of ether oxygens (including phenoxy) is 3. The summed E-state index contributed by atoms with van der Waals surface area (Å²) in [7, 11) is 1.53. The number of hydrogen-bond donors (Lipinski definition) is 7. The lowest BCUT2D eigenvalue weighted by Crippen LogP contribution is -2.61. The molecule has 2 aromatic carbocycles. The lowest BCUT2D eigenvalue weighted by molar-refractivity contribution is -0.158. The predicted molar refractivity (Wildman–Crippen MR) is 310 cm³/mol. The average Bonchev–Trinajstić information content (AvgIpc) is 3.47. The second-order valence-electron chi connectivity index (χ2n) is 22.5. The number of aliphatic hydroxyl groups is 1. The monoisotopic (exact) mass is 1140 g/mol. The lowest BCUT2D eigenvalue weighted by Gasteiger charge is -2.35. The van der Waals surface area contributed by atoms with Crippen LogP contribution in [-0.2, 0) is 52.6 Å². The Labute approximate surface area is 484 Å². The van der Waals surface area contributed by atoms with Crippen LogP contribution in [-0.4, -0.2) is 141 Å². The molecule has 4 aliphatic rings. The number of amides is 6. The van der Waals surface area contributed by atoms with Crippen molar-refractivity contribution in [3.8, 4) is 0 Å². The highest BCUT2D eigenvalue weighted by Gasteiger charge is 2.37. The number of carbonyl (C=O) groups is 8. The van der Waals surface area contributed by atoms with E-state index in [4.69, 9.17) is 24.2 Å². The number of carbonyl (C=O) groups excluding carboxylic acids is 8. The van der Waals surface area contributed by atoms with Crippen LogP contribution in [0.3, 0.4) is 0 Å². The molecule has 12 atom stereocenters. The fourth-order valence-corrected chi connectivity index (χ4v) is 10.1. The molecular formula is C61H80N10O12. The minimum Gasteiger partial charge on any atom is -0.455 e. The molecule has 4 aromatic rings. The zero-order valence-corrected chi connectivity index (χ0v) is 49.1. The van der Waals surface area contributed by atoms with Crippen molar-refractivity contribution in [1.82, 2.24) is 52.1 Å². The normalized spacial score (nSPS) is 28.0. The molecule has 6 heterocycles. The molecule has 10 bridgehead atoms. The molecule has 7 N–H and O–H groups in total. The number of fused-ring (bicyclic) bond motifs is 8. The van der Waals surface area contributed by atoms with Gasteiger partial charge in [0.1, 0.15) is 48.5 Å². The molecule has 22 nitrogen and oxygen atoms in total. The van der Waals surface area contributed by atoms with Gasteiger partial charge < -0.3 is 40.6 Å². The van der Waals surface area contributed by atoms with E-state index in [9.17, 15) is 43.5 Å². The molecule has 2 aromatic heterocycles. The number of hydrazine groups is 2. The van der Waals surface area contributed by atoms with Crippen LogP contribution in [0.2, 0.25) is 0 Å². The topological polar surface area (TPSA) is 289 Å². The fraction of sp³-hybridized carbons (Fsp3) is 0.508. The van der Waals surface area contributed by atoms with Crippen LogP contribution in [0.4, 0.5) is 0 Å². The third-order valence-corrected chi connectivity index (χ3v) is 15.3. The number of cyclic esters (lactones) is 2. The second kappa shape index (κ2) is 28.1. The first kappa shape index (κ1) is 62.9. The van der Waals surface area contributed by atoms with Crippen LogP contribution in [0, 0.1) is 23.7 Å². The minimum atomic E-state index is -1.02. The summed E-state index contributed by atoms with van der Waals surface area (Å²) in [5.41, 5.74) is 10.0. The van der Waals surface area contributed by atoms with E-state index < -0.39 is 114 Å². The summed E-state index contributed by atoms with van der Waals surface area (Å²) < 4.78 is 17.0. The molecule has 8 rings (SSSR count). The molecule has 2 fully saturated rings. The van der Waals surface area contributed by atoms with E-state index in [0.29, 0.717) is 61.2 Å². The van der Waals surface area contributed by atoms with Gasteiger partial charge in [-0.1, -0.05) is 88.4 Å². The Morgan fingerprint density at radius 1 is 0.554 bits per heavy atom. The van der Waals surface area contributed by atoms with Crippen molar-refractivity contribution in [2.45, 2.75) is 156 Å². The van der Waals surface area contributed by atoms with Gasteiger partial charge in [-0.15, -0.1) is 0 Å². The number of esters is 2. The van der Waals surface area contributed by atoms with E-state index in [2.05, 4.69) is 32.1 Å². The van der Waals surface area contributed by atoms with Crippen molar-refractivity contribution < 1.29 is 57.7 Å². The number of benzene rings is 2. The molecule has 6 amide bonds. The first-order chi connectivity index (χ1) is 39.4. The molecule has 2 saturated heterocycles. The summed E-state index contributed by atoms with van der Waals surface area (Å²) in [6.07, 6.45) is 6.29. The van der Waals surface area contributed by atoms with Gasteiger partial charge in [0.2, 0.25) is 23.6 Å². The van der Waals surface area contributed by atoms with Crippen molar-refractivity contribution in [2.75, 3.05) is 20.2 Å². The number of hydrogen-bond acceptors (Lipinski definition) is 16. The SMILES string of the molecule is CC(C)[C@@H]1NC(=O)[C@@H]([C@H](C)O)/C=C/c2ccc3ccc(nc3c2)[C@@H](C)OC(=O)[C@@H]2CCCN(N2)C(=O)[C@H](C)NC1=O.CO[C@@H](C)[C@H]1/C=C/c2ccc3ccc(nc3c2)[C@@H](C)OC(=O)[C@@H]2CCCN(N2)C(=O)[C@H](C)NC(=O)[C@H](C(C)C)NC1=O. The Morgan fingerprint density at radius 2 is 0.952 bits per heavy atom. The highest BCUT2D eigenvalue weighted by molar-refractivity contribution is 5.95. The molecule has 83 heavy (non-hydrogen) atoms. The fourth-order valence-electron chi connectivity index (χ4n) is 10.1. The van der Waals surface area contributed by atoms with Gasteiger partial charge in [-0.3, -0.25) is 48.4 Å². The van der Waals surface area contributed by atoms with Crippen LogP contribution < -0.4 is 32.1 Å². The van der Waals surface area contributed by atoms with Crippen LogP contribution in [0.1, 0.15) is 130 Å². The van der Waals surface area contributed by atoms with Crippen molar-refractivity contribution in [2.24, 2.45) is 23.7 Å². The van der Waals surface area contributed by atoms with Crippen LogP contribution in [0.25, 0.3) is 34.0 Å². The highest BCUT2D eigenvalue weighted by Crippen LogP contribution is 2.26. The van der Waals surface area contributed by atoms with Gasteiger partial charge in [-0.05, 0) is 114 Å². The molecule has 0 saturated carbocycles. The Bertz CT molecular complexity index is 3110. The summed E-state index contributed by atoms with van der Waals surface area (Å²) in [6.45, 7) is 17.9. The smallest absolute Gasteiger partial charge is 0.325 e. The number of methoxy groups -OCH3 is 1. The Kier molecular flexibility index (Phi) is 21.3. The maximum absolute atomic E-state index is 13.5. The van der Waals surface area contributed by atoms with Gasteiger partial charge in [0, 0.05) is 31.0 Å². The van der Waals surface area contributed by atoms with Gasteiger partial charge in [0.05, 0.1) is 46.5 Å². The van der Waals surface area contributed by atoms with Crippen molar-refractivity contribution in [3.63, 3.8) is 0 Å². The average molecular weight is 1150 g/mol. The second-order valence-corrected chi connectivity index (χ2v) is 22.5. The number of aliphatic hydroxyl groups excluding tert-OH is 1. The molecule has 0 spiro atoms.